The van der Waals surface area contributed by atoms with Gasteiger partial charge >= 0.3 is 0 Å². The molecule has 0 spiro atoms. The highest BCUT2D eigenvalue weighted by molar-refractivity contribution is 6.43. The molecule has 0 amide bonds. The van der Waals surface area contributed by atoms with Gasteiger partial charge in [0.15, 0.2) is 5.78 Å². The van der Waals surface area contributed by atoms with Crippen molar-refractivity contribution in [2.45, 2.75) is 13.8 Å². The number of rotatable bonds is 4. The number of carbonyl (C=O) groups excluding carboxylic acids is 1. The number of fused-ring (bicyclic) bond motifs is 2. The van der Waals surface area contributed by atoms with Gasteiger partial charge in [-0.15, -0.1) is 0 Å². The first kappa shape index (κ1) is 25.1. The fourth-order valence-electron chi connectivity index (χ4n) is 5.25. The van der Waals surface area contributed by atoms with Gasteiger partial charge in [0.25, 0.3) is 0 Å². The average Bonchev–Trinajstić information content (AvgIpc) is 2.86. The van der Waals surface area contributed by atoms with Gasteiger partial charge in [0.05, 0.1) is 18.2 Å². The van der Waals surface area contributed by atoms with Gasteiger partial charge in [0.2, 0.25) is 5.71 Å². The lowest BCUT2D eigenvalue weighted by atomic mass is 9.75. The fourth-order valence-corrected chi connectivity index (χ4v) is 5.25. The van der Waals surface area contributed by atoms with Crippen molar-refractivity contribution < 1.29 is 29.4 Å². The molecule has 0 saturated heterocycles. The number of phenolic OH excluding ortho intramolecular Hbond substituents is 1. The monoisotopic (exact) mass is 510 g/mol. The highest BCUT2D eigenvalue weighted by Crippen LogP contribution is 2.48. The van der Waals surface area contributed by atoms with E-state index in [-0.39, 0.29) is 33.8 Å². The van der Waals surface area contributed by atoms with Crippen LogP contribution in [0.3, 0.4) is 0 Å². The summed E-state index contributed by atoms with van der Waals surface area (Å²) in [7, 11) is 7.45. The Morgan fingerprint density at radius 3 is 2.32 bits per heavy atom. The Morgan fingerprint density at radius 2 is 1.68 bits per heavy atom. The Labute approximate surface area is 221 Å². The van der Waals surface area contributed by atoms with E-state index < -0.39 is 11.5 Å². The van der Waals surface area contributed by atoms with Crippen LogP contribution in [0.1, 0.15) is 29.2 Å². The molecule has 2 N–H and O–H groups in total. The Hall–Kier alpha value is -4.52. The number of anilines is 1. The predicted octanol–water partition coefficient (Wildman–Crippen LogP) is 3.94. The zero-order chi connectivity index (χ0) is 27.5. The van der Waals surface area contributed by atoms with Crippen LogP contribution in [0.15, 0.2) is 65.6 Å². The maximum Gasteiger partial charge on any atom is 0.211 e. The normalized spacial score (nSPS) is 16.8. The molecule has 2 aliphatic carbocycles. The van der Waals surface area contributed by atoms with E-state index in [1.807, 2.05) is 75.8 Å². The van der Waals surface area contributed by atoms with Crippen molar-refractivity contribution in [2.75, 3.05) is 39.7 Å². The molecular formula is C31H30N2O5. The molecule has 0 saturated carbocycles. The summed E-state index contributed by atoms with van der Waals surface area (Å²) in [5, 5.41) is 37.2. The lowest BCUT2D eigenvalue weighted by Crippen LogP contribution is -2.32. The minimum absolute atomic E-state index is 0.0770. The largest absolute Gasteiger partial charge is 0.871 e. The third-order valence-corrected chi connectivity index (χ3v) is 7.00. The van der Waals surface area contributed by atoms with Crippen molar-refractivity contribution in [3.63, 3.8) is 0 Å². The number of allylic oxidation sites excluding steroid dienone is 4. The minimum Gasteiger partial charge on any atom is -0.871 e. The number of hydrogen-bond acceptors (Lipinski definition) is 6. The van der Waals surface area contributed by atoms with E-state index >= 15 is 0 Å². The zero-order valence-corrected chi connectivity index (χ0v) is 22.3. The molecule has 7 heteroatoms. The summed E-state index contributed by atoms with van der Waals surface area (Å²) in [6, 6.07) is 12.6. The molecule has 5 rings (SSSR count). The summed E-state index contributed by atoms with van der Waals surface area (Å²) in [5.74, 6) is -0.662. The summed E-state index contributed by atoms with van der Waals surface area (Å²) < 4.78 is 7.52. The molecule has 38 heavy (non-hydrogen) atoms. The lowest BCUT2D eigenvalue weighted by molar-refractivity contribution is -0.463. The number of aliphatic hydroxyl groups excluding tert-OH is 1. The summed E-state index contributed by atoms with van der Waals surface area (Å²) in [4.78, 5) is 15.6. The van der Waals surface area contributed by atoms with Crippen LogP contribution < -0.4 is 14.7 Å². The number of phenols is 1. The van der Waals surface area contributed by atoms with Gasteiger partial charge in [-0.1, -0.05) is 23.5 Å². The van der Waals surface area contributed by atoms with Crippen molar-refractivity contribution in [3.8, 4) is 11.5 Å². The van der Waals surface area contributed by atoms with Crippen molar-refractivity contribution in [1.82, 2.24) is 0 Å². The average molecular weight is 511 g/mol. The van der Waals surface area contributed by atoms with Gasteiger partial charge in [0, 0.05) is 59.1 Å². The minimum atomic E-state index is -0.507. The van der Waals surface area contributed by atoms with E-state index in [1.165, 1.54) is 0 Å². The molecule has 7 nitrogen and oxygen atoms in total. The molecule has 0 bridgehead atoms. The van der Waals surface area contributed by atoms with E-state index in [0.717, 1.165) is 27.9 Å². The van der Waals surface area contributed by atoms with Crippen LogP contribution in [-0.4, -0.2) is 61.1 Å². The first-order valence-electron chi connectivity index (χ1n) is 12.4. The second-order valence-corrected chi connectivity index (χ2v) is 9.97. The van der Waals surface area contributed by atoms with Crippen LogP contribution in [0.25, 0.3) is 21.9 Å². The molecule has 0 fully saturated rings. The van der Waals surface area contributed by atoms with Gasteiger partial charge in [-0.2, -0.15) is 0 Å². The van der Waals surface area contributed by atoms with Gasteiger partial charge in [0.1, 0.15) is 31.4 Å². The molecule has 0 aromatic heterocycles. The number of hydrogen-bond donors (Lipinski definition) is 2. The maximum absolute atomic E-state index is 13.7. The summed E-state index contributed by atoms with van der Waals surface area (Å²) in [5.41, 5.74) is 4.08. The highest BCUT2D eigenvalue weighted by atomic mass is 16.5. The lowest BCUT2D eigenvalue weighted by Gasteiger charge is -2.35. The highest BCUT2D eigenvalue weighted by Gasteiger charge is 2.38. The molecule has 0 radical (unpaired) electrons. The molecule has 2 aliphatic rings. The van der Waals surface area contributed by atoms with Gasteiger partial charge in [-0.25, -0.2) is 4.58 Å². The fraction of sp³-hybridized carbons (Fsp3) is 0.226. The molecule has 0 unspecified atom stereocenters. The van der Waals surface area contributed by atoms with E-state index in [9.17, 15) is 20.1 Å². The van der Waals surface area contributed by atoms with Crippen LogP contribution in [0.2, 0.25) is 0 Å². The Kier molecular flexibility index (Phi) is 6.02. The van der Waals surface area contributed by atoms with E-state index in [4.69, 9.17) is 4.74 Å². The van der Waals surface area contributed by atoms with Crippen molar-refractivity contribution in [3.05, 3.63) is 87.9 Å². The quantitative estimate of drug-likeness (QED) is 0.408. The van der Waals surface area contributed by atoms with Gasteiger partial charge in [-0.3, -0.25) is 4.79 Å². The van der Waals surface area contributed by atoms with Gasteiger partial charge < -0.3 is 25.0 Å². The molecule has 0 atom stereocenters. The number of nitrogens with zero attached hydrogens (tertiary/aromatic N) is 2. The Bertz CT molecular complexity index is 1670. The van der Waals surface area contributed by atoms with Gasteiger partial charge in [-0.05, 0) is 43.5 Å². The van der Waals surface area contributed by atoms with Crippen LogP contribution in [-0.2, 0) is 4.79 Å². The number of carbonyl (C=O) groups is 1. The summed E-state index contributed by atoms with van der Waals surface area (Å²) in [6.07, 6.45) is 1.56. The molecule has 0 aliphatic heterocycles. The van der Waals surface area contributed by atoms with Crippen LogP contribution in [0.4, 0.5) is 5.69 Å². The van der Waals surface area contributed by atoms with Crippen LogP contribution in [0, 0.1) is 6.92 Å². The second kappa shape index (κ2) is 9.10. The van der Waals surface area contributed by atoms with Crippen molar-refractivity contribution in [1.29, 1.82) is 0 Å². The van der Waals surface area contributed by atoms with E-state index in [1.54, 1.807) is 24.3 Å². The standard InChI is InChI=1S/C31H30N2O5/c1-7-38-17-9-11-19-21(13-17)23(33(5)6)15-25(35)27(19)29-30(36)28(31(29)37)26-18-10-8-16(2)12-20(18)22(32(3)4)14-24(26)34/h8-15H,7H2,1-6H3,(H2,34,35,36,37). The number of aliphatic hydroxyl groups is 1. The zero-order valence-electron chi connectivity index (χ0n) is 22.3. The molecule has 194 valence electrons. The van der Waals surface area contributed by atoms with Crippen molar-refractivity contribution in [2.24, 2.45) is 0 Å². The number of Topliss-reactive ketones (excluding diaryl/α,β-unsaturated/α-hetero) is 1. The van der Waals surface area contributed by atoms with E-state index in [0.29, 0.717) is 23.3 Å². The number of benzene rings is 3. The number of ether oxygens (including phenoxy) is 1. The third-order valence-electron chi connectivity index (χ3n) is 7.00. The maximum atomic E-state index is 13.7. The smallest absolute Gasteiger partial charge is 0.211 e. The summed E-state index contributed by atoms with van der Waals surface area (Å²) >= 11 is 0. The molecular weight excluding hydrogens is 480 g/mol. The summed E-state index contributed by atoms with van der Waals surface area (Å²) in [6.45, 7) is 4.35. The third kappa shape index (κ3) is 3.74. The number of aryl methyl sites for hydroxylation is 1. The molecule has 0 heterocycles. The number of ketones is 1. The second-order valence-electron chi connectivity index (χ2n) is 9.97. The van der Waals surface area contributed by atoms with E-state index in [2.05, 4.69) is 0 Å². The first-order valence-corrected chi connectivity index (χ1v) is 12.4. The molecule has 3 aromatic rings. The number of aromatic hydroxyl groups is 1. The first-order chi connectivity index (χ1) is 18.0. The SMILES string of the molecule is CCOc1ccc2c(c1)C(=[N+](C)C)C=C(O)/C2=C1/C(=O)C(c2c(O)cc(N(C)C)c3cc(C)ccc23)=C1[O-]. The topological polar surface area (TPSA) is 96.1 Å². The molecule has 3 aromatic carbocycles. The van der Waals surface area contributed by atoms with Crippen molar-refractivity contribution >= 4 is 39.1 Å². The Balaban J connectivity index is 1.77. The van der Waals surface area contributed by atoms with Crippen LogP contribution in [0.5, 0.6) is 11.5 Å². The predicted molar refractivity (Wildman–Crippen MR) is 148 cm³/mol. The van der Waals surface area contributed by atoms with Crippen LogP contribution >= 0.6 is 0 Å². The Morgan fingerprint density at radius 1 is 0.947 bits per heavy atom.